The first-order valence-corrected chi connectivity index (χ1v) is 6.78. The number of nitrogens with zero attached hydrogens (tertiary/aromatic N) is 1. The van der Waals surface area contributed by atoms with E-state index in [-0.39, 0.29) is 12.5 Å². The number of anilines is 2. The quantitative estimate of drug-likeness (QED) is 0.750. The molecular formula is C14H21N3O2. The predicted octanol–water partition coefficient (Wildman–Crippen LogP) is 1.37. The van der Waals surface area contributed by atoms with E-state index in [2.05, 4.69) is 10.6 Å². The van der Waals surface area contributed by atoms with Crippen LogP contribution in [0.3, 0.4) is 0 Å². The number of aliphatic hydroxyl groups excluding tert-OH is 1. The Morgan fingerprint density at radius 3 is 2.68 bits per heavy atom. The Hall–Kier alpha value is -1.75. The molecule has 0 aromatic heterocycles. The molecule has 19 heavy (non-hydrogen) atoms. The number of nitrogens with one attached hydrogen (secondary N) is 2. The minimum atomic E-state index is -0.0222. The zero-order valence-corrected chi connectivity index (χ0v) is 11.3. The van der Waals surface area contributed by atoms with Crippen molar-refractivity contribution in [1.82, 2.24) is 4.90 Å². The predicted molar refractivity (Wildman–Crippen MR) is 76.7 cm³/mol. The van der Waals surface area contributed by atoms with Crippen molar-refractivity contribution < 1.29 is 9.90 Å². The number of carbonyl (C=O) groups is 1. The summed E-state index contributed by atoms with van der Waals surface area (Å²) in [7, 11) is 0. The summed E-state index contributed by atoms with van der Waals surface area (Å²) in [6.07, 6.45) is 0.885. The average molecular weight is 263 g/mol. The normalized spacial score (nSPS) is 13.2. The van der Waals surface area contributed by atoms with Gasteiger partial charge in [0, 0.05) is 31.7 Å². The molecule has 104 valence electrons. The number of rotatable bonds is 5. The monoisotopic (exact) mass is 263 g/mol. The summed E-state index contributed by atoms with van der Waals surface area (Å²) < 4.78 is 0. The van der Waals surface area contributed by atoms with Crippen LogP contribution in [0.4, 0.5) is 11.4 Å². The summed E-state index contributed by atoms with van der Waals surface area (Å²) in [6.45, 7) is 4.83. The van der Waals surface area contributed by atoms with E-state index in [1.807, 2.05) is 25.1 Å². The van der Waals surface area contributed by atoms with Gasteiger partial charge in [0.1, 0.15) is 0 Å². The minimum absolute atomic E-state index is 0.00349. The van der Waals surface area contributed by atoms with Crippen molar-refractivity contribution in [3.63, 3.8) is 0 Å². The van der Waals surface area contributed by atoms with Gasteiger partial charge in [-0.25, -0.2) is 0 Å². The minimum Gasteiger partial charge on any atom is -0.395 e. The third-order valence-corrected chi connectivity index (χ3v) is 3.17. The highest BCUT2D eigenvalue weighted by Gasteiger charge is 2.17. The zero-order chi connectivity index (χ0) is 13.7. The van der Waals surface area contributed by atoms with Gasteiger partial charge in [-0.15, -0.1) is 0 Å². The number of hydrogen-bond acceptors (Lipinski definition) is 4. The number of carbonyl (C=O) groups excluding carboxylic acids is 1. The SMILES string of the molecule is CCCN(CCO)C(=O)c1ccc2c(c1)NCCN2. The molecule has 1 aliphatic heterocycles. The molecule has 0 aliphatic carbocycles. The molecule has 1 aliphatic rings. The molecule has 1 amide bonds. The second-order valence-electron chi connectivity index (χ2n) is 4.63. The van der Waals surface area contributed by atoms with Crippen molar-refractivity contribution in [1.29, 1.82) is 0 Å². The Labute approximate surface area is 113 Å². The van der Waals surface area contributed by atoms with Crippen LogP contribution in [0.5, 0.6) is 0 Å². The van der Waals surface area contributed by atoms with Crippen LogP contribution < -0.4 is 10.6 Å². The van der Waals surface area contributed by atoms with Gasteiger partial charge in [-0.3, -0.25) is 4.79 Å². The zero-order valence-electron chi connectivity index (χ0n) is 11.3. The molecule has 0 unspecified atom stereocenters. The lowest BCUT2D eigenvalue weighted by Crippen LogP contribution is -2.34. The summed E-state index contributed by atoms with van der Waals surface area (Å²) >= 11 is 0. The number of benzene rings is 1. The Bertz CT molecular complexity index is 442. The maximum Gasteiger partial charge on any atom is 0.254 e. The molecule has 0 saturated heterocycles. The highest BCUT2D eigenvalue weighted by molar-refractivity contribution is 5.96. The lowest BCUT2D eigenvalue weighted by molar-refractivity contribution is 0.0722. The molecule has 0 bridgehead atoms. The van der Waals surface area contributed by atoms with Gasteiger partial charge in [0.2, 0.25) is 0 Å². The van der Waals surface area contributed by atoms with Crippen LogP contribution in [-0.4, -0.2) is 48.7 Å². The third kappa shape index (κ3) is 3.17. The third-order valence-electron chi connectivity index (χ3n) is 3.17. The van der Waals surface area contributed by atoms with E-state index < -0.39 is 0 Å². The van der Waals surface area contributed by atoms with Gasteiger partial charge in [0.15, 0.2) is 0 Å². The van der Waals surface area contributed by atoms with Crippen LogP contribution >= 0.6 is 0 Å². The molecule has 0 fully saturated rings. The van der Waals surface area contributed by atoms with Crippen molar-refractivity contribution in [3.8, 4) is 0 Å². The molecule has 5 heteroatoms. The lowest BCUT2D eigenvalue weighted by atomic mass is 10.1. The highest BCUT2D eigenvalue weighted by atomic mass is 16.3. The molecule has 2 rings (SSSR count). The maximum absolute atomic E-state index is 12.4. The molecule has 0 spiro atoms. The summed E-state index contributed by atoms with van der Waals surface area (Å²) in [5, 5.41) is 15.6. The molecule has 1 heterocycles. The van der Waals surface area contributed by atoms with E-state index in [9.17, 15) is 4.79 Å². The average Bonchev–Trinajstić information content (AvgIpc) is 2.46. The van der Waals surface area contributed by atoms with Gasteiger partial charge in [-0.05, 0) is 24.6 Å². The first kappa shape index (κ1) is 13.7. The van der Waals surface area contributed by atoms with Crippen molar-refractivity contribution in [3.05, 3.63) is 23.8 Å². The number of amides is 1. The fourth-order valence-corrected chi connectivity index (χ4v) is 2.26. The van der Waals surface area contributed by atoms with E-state index in [0.717, 1.165) is 30.9 Å². The van der Waals surface area contributed by atoms with E-state index in [4.69, 9.17) is 5.11 Å². The van der Waals surface area contributed by atoms with Crippen molar-refractivity contribution in [2.45, 2.75) is 13.3 Å². The first-order chi connectivity index (χ1) is 9.26. The van der Waals surface area contributed by atoms with E-state index in [1.54, 1.807) is 4.90 Å². The number of fused-ring (bicyclic) bond motifs is 1. The molecule has 0 radical (unpaired) electrons. The fourth-order valence-electron chi connectivity index (χ4n) is 2.26. The van der Waals surface area contributed by atoms with Gasteiger partial charge >= 0.3 is 0 Å². The van der Waals surface area contributed by atoms with Gasteiger partial charge in [-0.1, -0.05) is 6.92 Å². The molecule has 0 saturated carbocycles. The van der Waals surface area contributed by atoms with Crippen LogP contribution in [0.15, 0.2) is 18.2 Å². The van der Waals surface area contributed by atoms with Gasteiger partial charge in [-0.2, -0.15) is 0 Å². The lowest BCUT2D eigenvalue weighted by Gasteiger charge is -2.23. The fraction of sp³-hybridized carbons (Fsp3) is 0.500. The molecule has 0 atom stereocenters. The van der Waals surface area contributed by atoms with Crippen LogP contribution in [0.25, 0.3) is 0 Å². The van der Waals surface area contributed by atoms with Gasteiger partial charge < -0.3 is 20.6 Å². The Morgan fingerprint density at radius 1 is 1.26 bits per heavy atom. The Morgan fingerprint density at radius 2 is 2.00 bits per heavy atom. The first-order valence-electron chi connectivity index (χ1n) is 6.78. The molecule has 1 aromatic rings. The Balaban J connectivity index is 2.17. The van der Waals surface area contributed by atoms with Gasteiger partial charge in [0.05, 0.1) is 18.0 Å². The van der Waals surface area contributed by atoms with Crippen molar-refractivity contribution in [2.24, 2.45) is 0 Å². The van der Waals surface area contributed by atoms with E-state index in [1.165, 1.54) is 0 Å². The topological polar surface area (TPSA) is 64.6 Å². The molecular weight excluding hydrogens is 242 g/mol. The van der Waals surface area contributed by atoms with E-state index >= 15 is 0 Å². The second kappa shape index (κ2) is 6.43. The summed E-state index contributed by atoms with van der Waals surface area (Å²) in [5.41, 5.74) is 2.67. The molecule has 1 aromatic carbocycles. The molecule has 5 nitrogen and oxygen atoms in total. The maximum atomic E-state index is 12.4. The summed E-state index contributed by atoms with van der Waals surface area (Å²) in [4.78, 5) is 14.1. The van der Waals surface area contributed by atoms with Crippen LogP contribution in [0.2, 0.25) is 0 Å². The van der Waals surface area contributed by atoms with E-state index in [0.29, 0.717) is 18.7 Å². The number of hydrogen-bond donors (Lipinski definition) is 3. The van der Waals surface area contributed by atoms with Crippen molar-refractivity contribution >= 4 is 17.3 Å². The van der Waals surface area contributed by atoms with Crippen LogP contribution in [0.1, 0.15) is 23.7 Å². The molecule has 3 N–H and O–H groups in total. The van der Waals surface area contributed by atoms with Gasteiger partial charge in [0.25, 0.3) is 5.91 Å². The second-order valence-corrected chi connectivity index (χ2v) is 4.63. The summed E-state index contributed by atoms with van der Waals surface area (Å²) in [6, 6.07) is 5.64. The van der Waals surface area contributed by atoms with Crippen LogP contribution in [-0.2, 0) is 0 Å². The number of aliphatic hydroxyl groups is 1. The largest absolute Gasteiger partial charge is 0.395 e. The van der Waals surface area contributed by atoms with Crippen LogP contribution in [0, 0.1) is 0 Å². The summed E-state index contributed by atoms with van der Waals surface area (Å²) in [5.74, 6) is -0.0222. The highest BCUT2D eigenvalue weighted by Crippen LogP contribution is 2.25. The standard InChI is InChI=1S/C14H21N3O2/c1-2-7-17(8-9-18)14(19)11-3-4-12-13(10-11)16-6-5-15-12/h3-4,10,15-16,18H,2,5-9H2,1H3. The Kier molecular flexibility index (Phi) is 4.63. The van der Waals surface area contributed by atoms with Crippen molar-refractivity contribution in [2.75, 3.05) is 43.4 Å². The smallest absolute Gasteiger partial charge is 0.254 e.